The Bertz CT molecular complexity index is 377. The summed E-state index contributed by atoms with van der Waals surface area (Å²) in [6.07, 6.45) is 5.41. The maximum atomic E-state index is 10.3. The summed E-state index contributed by atoms with van der Waals surface area (Å²) in [5.74, 6) is 0.786. The number of ether oxygens (including phenoxy) is 1. The lowest BCUT2D eigenvalue weighted by Gasteiger charge is -2.31. The van der Waals surface area contributed by atoms with E-state index in [1.807, 2.05) is 24.3 Å². The van der Waals surface area contributed by atoms with Crippen LogP contribution in [0.1, 0.15) is 44.6 Å². The summed E-state index contributed by atoms with van der Waals surface area (Å²) in [6, 6.07) is 7.74. The van der Waals surface area contributed by atoms with Crippen molar-refractivity contribution in [3.63, 3.8) is 0 Å². The van der Waals surface area contributed by atoms with Gasteiger partial charge in [-0.2, -0.15) is 0 Å². The molecule has 0 spiro atoms. The van der Waals surface area contributed by atoms with Crippen LogP contribution < -0.4 is 4.74 Å². The van der Waals surface area contributed by atoms with Gasteiger partial charge in [0, 0.05) is 0 Å². The molecule has 19 heavy (non-hydrogen) atoms. The van der Waals surface area contributed by atoms with E-state index in [9.17, 15) is 10.2 Å². The monoisotopic (exact) mass is 264 g/mol. The van der Waals surface area contributed by atoms with Crippen LogP contribution in [-0.2, 0) is 6.42 Å². The zero-order chi connectivity index (χ0) is 13.7. The molecule has 2 N–H and O–H groups in total. The van der Waals surface area contributed by atoms with Gasteiger partial charge in [-0.1, -0.05) is 31.4 Å². The Balaban J connectivity index is 1.85. The molecule has 3 nitrogen and oxygen atoms in total. The standard InChI is InChI=1S/C16H24O3/c1-13(17)11-14-5-7-15(8-6-14)19-12-16(18)9-3-2-4-10-16/h5-8,13,17-18H,2-4,9-12H2,1H3. The summed E-state index contributed by atoms with van der Waals surface area (Å²) in [7, 11) is 0. The van der Waals surface area contributed by atoms with Crippen molar-refractivity contribution in [1.82, 2.24) is 0 Å². The largest absolute Gasteiger partial charge is 0.491 e. The first-order chi connectivity index (χ1) is 9.07. The molecule has 2 rings (SSSR count). The van der Waals surface area contributed by atoms with Crippen molar-refractivity contribution >= 4 is 0 Å². The lowest BCUT2D eigenvalue weighted by Crippen LogP contribution is -2.37. The topological polar surface area (TPSA) is 49.7 Å². The van der Waals surface area contributed by atoms with Crippen molar-refractivity contribution in [2.45, 2.75) is 57.2 Å². The highest BCUT2D eigenvalue weighted by Gasteiger charge is 2.29. The molecule has 1 aliphatic rings. The molecular formula is C16H24O3. The minimum absolute atomic E-state index is 0.324. The molecule has 1 unspecified atom stereocenters. The van der Waals surface area contributed by atoms with Crippen LogP contribution in [0.2, 0.25) is 0 Å². The third kappa shape index (κ3) is 4.51. The van der Waals surface area contributed by atoms with E-state index >= 15 is 0 Å². The molecule has 0 aromatic heterocycles. The van der Waals surface area contributed by atoms with Gasteiger partial charge in [0.15, 0.2) is 0 Å². The highest BCUT2D eigenvalue weighted by molar-refractivity contribution is 5.27. The van der Waals surface area contributed by atoms with Crippen LogP contribution in [0, 0.1) is 0 Å². The molecule has 0 saturated heterocycles. The van der Waals surface area contributed by atoms with Crippen molar-refractivity contribution < 1.29 is 14.9 Å². The van der Waals surface area contributed by atoms with Gasteiger partial charge in [-0.15, -0.1) is 0 Å². The minimum atomic E-state index is -0.642. The molecule has 106 valence electrons. The van der Waals surface area contributed by atoms with Crippen LogP contribution in [0.5, 0.6) is 5.75 Å². The fourth-order valence-corrected chi connectivity index (χ4v) is 2.63. The zero-order valence-electron chi connectivity index (χ0n) is 11.6. The van der Waals surface area contributed by atoms with Crippen molar-refractivity contribution in [3.05, 3.63) is 29.8 Å². The summed E-state index contributed by atoms with van der Waals surface area (Å²) in [6.45, 7) is 2.16. The highest BCUT2D eigenvalue weighted by Crippen LogP contribution is 2.28. The number of aliphatic hydroxyl groups excluding tert-OH is 1. The predicted molar refractivity (Wildman–Crippen MR) is 75.4 cm³/mol. The van der Waals surface area contributed by atoms with E-state index < -0.39 is 5.60 Å². The first-order valence-electron chi connectivity index (χ1n) is 7.20. The fraction of sp³-hybridized carbons (Fsp3) is 0.625. The molecule has 1 atom stereocenters. The molecule has 1 aromatic rings. The van der Waals surface area contributed by atoms with E-state index in [1.165, 1.54) is 6.42 Å². The number of hydrogen-bond acceptors (Lipinski definition) is 3. The van der Waals surface area contributed by atoms with Crippen molar-refractivity contribution in [2.24, 2.45) is 0 Å². The molecule has 1 aromatic carbocycles. The molecule has 1 saturated carbocycles. The summed E-state index contributed by atoms with van der Waals surface area (Å²) < 4.78 is 5.70. The molecule has 0 aliphatic heterocycles. The van der Waals surface area contributed by atoms with Gasteiger partial charge in [0.1, 0.15) is 12.4 Å². The SMILES string of the molecule is CC(O)Cc1ccc(OCC2(O)CCCCC2)cc1. The predicted octanol–water partition coefficient (Wildman–Crippen LogP) is 2.68. The Hall–Kier alpha value is -1.06. The van der Waals surface area contributed by atoms with Crippen LogP contribution in [-0.4, -0.2) is 28.5 Å². The van der Waals surface area contributed by atoms with Crippen molar-refractivity contribution in [3.8, 4) is 5.75 Å². The zero-order valence-corrected chi connectivity index (χ0v) is 11.6. The molecular weight excluding hydrogens is 240 g/mol. The molecule has 0 heterocycles. The Kier molecular flexibility index (Phi) is 4.83. The first-order valence-corrected chi connectivity index (χ1v) is 7.20. The summed E-state index contributed by atoms with van der Waals surface area (Å²) >= 11 is 0. The maximum absolute atomic E-state index is 10.3. The summed E-state index contributed by atoms with van der Waals surface area (Å²) in [5, 5.41) is 19.7. The molecule has 1 fully saturated rings. The number of rotatable bonds is 5. The van der Waals surface area contributed by atoms with E-state index in [2.05, 4.69) is 0 Å². The Morgan fingerprint density at radius 2 is 1.79 bits per heavy atom. The van der Waals surface area contributed by atoms with Crippen molar-refractivity contribution in [2.75, 3.05) is 6.61 Å². The molecule has 0 amide bonds. The smallest absolute Gasteiger partial charge is 0.119 e. The molecule has 0 bridgehead atoms. The number of aliphatic hydroxyl groups is 2. The summed E-state index contributed by atoms with van der Waals surface area (Å²) in [4.78, 5) is 0. The van der Waals surface area contributed by atoms with Gasteiger partial charge >= 0.3 is 0 Å². The molecule has 1 aliphatic carbocycles. The van der Waals surface area contributed by atoms with Gasteiger partial charge in [0.25, 0.3) is 0 Å². The average molecular weight is 264 g/mol. The van der Waals surface area contributed by atoms with Gasteiger partial charge in [-0.05, 0) is 43.9 Å². The lowest BCUT2D eigenvalue weighted by atomic mass is 9.85. The third-order valence-corrected chi connectivity index (χ3v) is 3.75. The molecule has 3 heteroatoms. The van der Waals surface area contributed by atoms with Crippen LogP contribution in [0.15, 0.2) is 24.3 Å². The van der Waals surface area contributed by atoms with Crippen molar-refractivity contribution in [1.29, 1.82) is 0 Å². The second-order valence-electron chi connectivity index (χ2n) is 5.77. The minimum Gasteiger partial charge on any atom is -0.491 e. The maximum Gasteiger partial charge on any atom is 0.119 e. The van der Waals surface area contributed by atoms with Crippen LogP contribution in [0.3, 0.4) is 0 Å². The van der Waals surface area contributed by atoms with E-state index in [4.69, 9.17) is 4.74 Å². The summed E-state index contributed by atoms with van der Waals surface area (Å²) in [5.41, 5.74) is 0.454. The highest BCUT2D eigenvalue weighted by atomic mass is 16.5. The third-order valence-electron chi connectivity index (χ3n) is 3.75. The lowest BCUT2D eigenvalue weighted by molar-refractivity contribution is -0.0339. The second-order valence-corrected chi connectivity index (χ2v) is 5.77. The molecule has 0 radical (unpaired) electrons. The van der Waals surface area contributed by atoms with Gasteiger partial charge in [-0.25, -0.2) is 0 Å². The Morgan fingerprint density at radius 3 is 2.37 bits per heavy atom. The quantitative estimate of drug-likeness (QED) is 0.859. The first kappa shape index (κ1) is 14.4. The van der Waals surface area contributed by atoms with Gasteiger partial charge in [0.2, 0.25) is 0 Å². The second kappa shape index (κ2) is 6.40. The van der Waals surface area contributed by atoms with Gasteiger partial charge in [0.05, 0.1) is 11.7 Å². The average Bonchev–Trinajstić information content (AvgIpc) is 2.38. The van der Waals surface area contributed by atoms with Crippen LogP contribution in [0.4, 0.5) is 0 Å². The Morgan fingerprint density at radius 1 is 1.16 bits per heavy atom. The van der Waals surface area contributed by atoms with E-state index in [0.29, 0.717) is 13.0 Å². The normalized spacial score (nSPS) is 19.9. The van der Waals surface area contributed by atoms with E-state index in [-0.39, 0.29) is 6.10 Å². The van der Waals surface area contributed by atoms with Crippen LogP contribution >= 0.6 is 0 Å². The van der Waals surface area contributed by atoms with E-state index in [1.54, 1.807) is 6.92 Å². The van der Waals surface area contributed by atoms with Crippen LogP contribution in [0.25, 0.3) is 0 Å². The fourth-order valence-electron chi connectivity index (χ4n) is 2.63. The van der Waals surface area contributed by atoms with E-state index in [0.717, 1.165) is 37.0 Å². The number of hydrogen-bond donors (Lipinski definition) is 2. The van der Waals surface area contributed by atoms with Gasteiger partial charge < -0.3 is 14.9 Å². The van der Waals surface area contributed by atoms with Gasteiger partial charge in [-0.3, -0.25) is 0 Å². The number of benzene rings is 1. The Labute approximate surface area is 115 Å².